The quantitative estimate of drug-likeness (QED) is 0.0279. The van der Waals surface area contributed by atoms with Gasteiger partial charge in [0.25, 0.3) is 0 Å². The lowest BCUT2D eigenvalue weighted by atomic mass is 10.0. The second kappa shape index (κ2) is 34.4. The Morgan fingerprint density at radius 3 is 1.63 bits per heavy atom. The van der Waals surface area contributed by atoms with Gasteiger partial charge in [-0.05, 0) is 32.1 Å². The van der Waals surface area contributed by atoms with E-state index in [-0.39, 0.29) is 42.7 Å². The number of esters is 2. The van der Waals surface area contributed by atoms with Crippen LogP contribution in [0.4, 0.5) is 0 Å². The van der Waals surface area contributed by atoms with E-state index in [4.69, 9.17) is 14.2 Å². The van der Waals surface area contributed by atoms with Crippen molar-refractivity contribution in [2.75, 3.05) is 41.0 Å². The minimum absolute atomic E-state index is 0.0312. The predicted octanol–water partition coefficient (Wildman–Crippen LogP) is 9.13. The molecule has 0 aromatic carbocycles. The average molecular weight is 718 g/mol. The maximum Gasteiger partial charge on any atom is 0.306 e. The van der Waals surface area contributed by atoms with E-state index < -0.39 is 18.1 Å². The van der Waals surface area contributed by atoms with Crippen molar-refractivity contribution in [2.45, 2.75) is 167 Å². The lowest BCUT2D eigenvalue weighted by Gasteiger charge is -2.34. The summed E-state index contributed by atoms with van der Waals surface area (Å²) < 4.78 is 17.1. The molecule has 0 bridgehead atoms. The van der Waals surface area contributed by atoms with E-state index in [9.17, 15) is 19.5 Å². The molecule has 0 saturated carbocycles. The third kappa shape index (κ3) is 32.9. The Morgan fingerprint density at radius 2 is 1.10 bits per heavy atom. The van der Waals surface area contributed by atoms with Crippen molar-refractivity contribution in [3.8, 4) is 0 Å². The van der Waals surface area contributed by atoms with Crippen LogP contribution in [-0.2, 0) is 28.6 Å². The first-order valence-electron chi connectivity index (χ1n) is 20.2. The Morgan fingerprint density at radius 1 is 0.608 bits per heavy atom. The highest BCUT2D eigenvalue weighted by Crippen LogP contribution is 2.14. The summed E-state index contributed by atoms with van der Waals surface area (Å²) in [5.74, 6) is -1.77. The molecule has 0 heterocycles. The Kier molecular flexibility index (Phi) is 32.6. The zero-order valence-electron chi connectivity index (χ0n) is 33.3. The fourth-order valence-corrected chi connectivity index (χ4v) is 5.67. The van der Waals surface area contributed by atoms with Gasteiger partial charge in [0.1, 0.15) is 12.6 Å². The fraction of sp³-hybridized carbons (Fsp3) is 0.744. The molecular weight excluding hydrogens is 642 g/mol. The van der Waals surface area contributed by atoms with E-state index in [1.807, 2.05) is 30.4 Å². The molecule has 0 radical (unpaired) electrons. The van der Waals surface area contributed by atoms with Crippen LogP contribution in [0.5, 0.6) is 0 Å². The van der Waals surface area contributed by atoms with Crippen molar-refractivity contribution < 1.29 is 38.2 Å². The topological polar surface area (TPSA) is 102 Å². The van der Waals surface area contributed by atoms with Gasteiger partial charge >= 0.3 is 11.9 Å². The van der Waals surface area contributed by atoms with E-state index in [0.717, 1.165) is 64.2 Å². The van der Waals surface area contributed by atoms with Gasteiger partial charge in [0.05, 0.1) is 40.3 Å². The monoisotopic (exact) mass is 718 g/mol. The van der Waals surface area contributed by atoms with Crippen LogP contribution in [0.15, 0.2) is 48.6 Å². The normalized spacial score (nSPS) is 13.5. The number of nitrogens with zero attached hydrogens (tertiary/aromatic N) is 1. The van der Waals surface area contributed by atoms with Crippen LogP contribution >= 0.6 is 0 Å². The maximum absolute atomic E-state index is 12.7. The second-order valence-corrected chi connectivity index (χ2v) is 14.6. The van der Waals surface area contributed by atoms with E-state index in [1.54, 1.807) is 21.1 Å². The highest BCUT2D eigenvalue weighted by molar-refractivity contribution is 5.70. The number of ether oxygens (including phenoxy) is 3. The summed E-state index contributed by atoms with van der Waals surface area (Å²) in [5.41, 5.74) is 0. The van der Waals surface area contributed by atoms with Gasteiger partial charge in [-0.25, -0.2) is 0 Å². The molecule has 8 nitrogen and oxygen atoms in total. The Bertz CT molecular complexity index is 979. The maximum atomic E-state index is 12.7. The van der Waals surface area contributed by atoms with Crippen LogP contribution in [0.25, 0.3) is 0 Å². The average Bonchev–Trinajstić information content (AvgIpc) is 3.08. The standard InChI is InChI=1S/C43H75NO7/c1-6-8-10-12-14-16-18-20-21-22-24-26-28-30-32-34-42(46)51-39(37-49-36-35-40(43(47)48)44(3,4)5)38-50-41(45)33-31-29-27-25-23-19-17-15-13-11-9-7-2/h8,10,12,14,16,18,20-21,39-40H,6-7,9,11,13,15,17,19,22-38H2,1-5H3/b10-8+,14-12+,18-16+,21-20+. The van der Waals surface area contributed by atoms with Crippen molar-refractivity contribution in [1.82, 2.24) is 0 Å². The molecule has 8 heteroatoms. The number of aliphatic carboxylic acids is 1. The number of carboxylic acid groups (broad SMARTS) is 1. The number of carbonyl (C=O) groups is 3. The molecule has 0 aliphatic rings. The first-order valence-corrected chi connectivity index (χ1v) is 20.2. The van der Waals surface area contributed by atoms with E-state index in [2.05, 4.69) is 32.1 Å². The number of allylic oxidation sites excluding steroid dienone is 8. The smallest absolute Gasteiger partial charge is 0.306 e. The molecule has 294 valence electrons. The number of carboxylic acids is 1. The molecule has 0 aromatic heterocycles. The number of hydrogen-bond acceptors (Lipinski definition) is 7. The fourth-order valence-electron chi connectivity index (χ4n) is 5.67. The molecule has 0 aliphatic heterocycles. The third-order valence-corrected chi connectivity index (χ3v) is 8.82. The Balaban J connectivity index is 4.45. The number of unbranched alkanes of at least 4 members (excludes halogenated alkanes) is 16. The molecule has 2 atom stereocenters. The summed E-state index contributed by atoms with van der Waals surface area (Å²) in [5, 5.41) is 11.6. The number of hydrogen-bond donors (Lipinski definition) is 0. The molecule has 0 aliphatic carbocycles. The van der Waals surface area contributed by atoms with Crippen LogP contribution in [0.3, 0.4) is 0 Å². The number of likely N-dealkylation sites (N-methyl/N-ethyl adjacent to an activating group) is 1. The van der Waals surface area contributed by atoms with Crippen molar-refractivity contribution in [2.24, 2.45) is 0 Å². The molecule has 51 heavy (non-hydrogen) atoms. The number of carbonyl (C=O) groups excluding carboxylic acids is 3. The van der Waals surface area contributed by atoms with Gasteiger partial charge in [-0.15, -0.1) is 0 Å². The molecule has 0 N–H and O–H groups in total. The lowest BCUT2D eigenvalue weighted by molar-refractivity contribution is -0.889. The highest BCUT2D eigenvalue weighted by Gasteiger charge is 2.25. The molecule has 2 unspecified atom stereocenters. The third-order valence-electron chi connectivity index (χ3n) is 8.82. The molecule has 0 saturated heterocycles. The minimum atomic E-state index is -1.13. The van der Waals surface area contributed by atoms with E-state index in [1.165, 1.54) is 57.8 Å². The van der Waals surface area contributed by atoms with E-state index >= 15 is 0 Å². The van der Waals surface area contributed by atoms with Crippen LogP contribution in [-0.4, -0.2) is 75.5 Å². The zero-order chi connectivity index (χ0) is 37.8. The van der Waals surface area contributed by atoms with Gasteiger partial charge in [-0.2, -0.15) is 0 Å². The summed E-state index contributed by atoms with van der Waals surface area (Å²) in [6, 6.07) is -0.729. The van der Waals surface area contributed by atoms with Gasteiger partial charge in [0, 0.05) is 19.3 Å². The minimum Gasteiger partial charge on any atom is -0.544 e. The second-order valence-electron chi connectivity index (χ2n) is 14.6. The summed E-state index contributed by atoms with van der Waals surface area (Å²) in [7, 11) is 5.39. The van der Waals surface area contributed by atoms with Gasteiger partial charge in [-0.3, -0.25) is 9.59 Å². The first kappa shape index (κ1) is 48.3. The van der Waals surface area contributed by atoms with Gasteiger partial charge in [-0.1, -0.05) is 152 Å². The lowest BCUT2D eigenvalue weighted by Crippen LogP contribution is -2.55. The van der Waals surface area contributed by atoms with Crippen molar-refractivity contribution in [3.05, 3.63) is 48.6 Å². The molecule has 0 aromatic rings. The van der Waals surface area contributed by atoms with Crippen LogP contribution < -0.4 is 5.11 Å². The molecule has 0 rings (SSSR count). The SMILES string of the molecule is CC/C=C/C=C/C=C/C=C/CCCCCCCC(=O)OC(COCCC(C(=O)[O-])[N+](C)(C)C)COC(=O)CCCCCCCCCCCCCC. The van der Waals surface area contributed by atoms with Crippen molar-refractivity contribution in [1.29, 1.82) is 0 Å². The molecule has 0 fully saturated rings. The Hall–Kier alpha value is -2.71. The summed E-state index contributed by atoms with van der Waals surface area (Å²) in [6.45, 7) is 4.48. The number of quaternary nitrogens is 1. The van der Waals surface area contributed by atoms with Gasteiger partial charge in [0.2, 0.25) is 0 Å². The Labute approximate surface area is 312 Å². The molecule has 0 amide bonds. The van der Waals surface area contributed by atoms with Crippen LogP contribution in [0, 0.1) is 0 Å². The zero-order valence-corrected chi connectivity index (χ0v) is 33.3. The number of rotatable bonds is 35. The molecule has 0 spiro atoms. The molecular formula is C43H75NO7. The predicted molar refractivity (Wildman–Crippen MR) is 208 cm³/mol. The largest absolute Gasteiger partial charge is 0.544 e. The van der Waals surface area contributed by atoms with Crippen molar-refractivity contribution >= 4 is 17.9 Å². The highest BCUT2D eigenvalue weighted by atomic mass is 16.6. The van der Waals surface area contributed by atoms with Crippen LogP contribution in [0.2, 0.25) is 0 Å². The summed E-state index contributed by atoms with van der Waals surface area (Å²) >= 11 is 0. The van der Waals surface area contributed by atoms with Crippen LogP contribution in [0.1, 0.15) is 155 Å². The first-order chi connectivity index (χ1) is 24.6. The van der Waals surface area contributed by atoms with Gasteiger partial charge in [0.15, 0.2) is 6.10 Å². The van der Waals surface area contributed by atoms with E-state index in [0.29, 0.717) is 12.8 Å². The summed E-state index contributed by atoms with van der Waals surface area (Å²) in [4.78, 5) is 36.7. The van der Waals surface area contributed by atoms with Crippen molar-refractivity contribution in [3.63, 3.8) is 0 Å². The van der Waals surface area contributed by atoms with Gasteiger partial charge < -0.3 is 28.6 Å². The summed E-state index contributed by atoms with van der Waals surface area (Å²) in [6.07, 6.45) is 38.4.